The van der Waals surface area contributed by atoms with Crippen LogP contribution < -0.4 is 20.3 Å². The lowest BCUT2D eigenvalue weighted by Crippen LogP contribution is -2.43. The van der Waals surface area contributed by atoms with Crippen molar-refractivity contribution in [1.29, 1.82) is 0 Å². The van der Waals surface area contributed by atoms with Crippen LogP contribution in [0, 0.1) is 0 Å². The number of aromatic nitrogens is 2. The van der Waals surface area contributed by atoms with Gasteiger partial charge in [0, 0.05) is 38.8 Å². The predicted molar refractivity (Wildman–Crippen MR) is 112 cm³/mol. The lowest BCUT2D eigenvalue weighted by atomic mass is 10.1. The van der Waals surface area contributed by atoms with Gasteiger partial charge in [0.05, 0.1) is 0 Å². The maximum absolute atomic E-state index is 11.7. The van der Waals surface area contributed by atoms with Gasteiger partial charge in [0.25, 0.3) is 0 Å². The molecule has 0 saturated carbocycles. The molecule has 8 heteroatoms. The Kier molecular flexibility index (Phi) is 6.87. The molecule has 1 saturated heterocycles. The highest BCUT2D eigenvalue weighted by atomic mass is 16.6. The van der Waals surface area contributed by atoms with Gasteiger partial charge in [0.15, 0.2) is 5.82 Å². The Morgan fingerprint density at radius 3 is 2.45 bits per heavy atom. The molecular weight excluding hydrogens is 370 g/mol. The van der Waals surface area contributed by atoms with Crippen LogP contribution in [0.15, 0.2) is 36.4 Å². The van der Waals surface area contributed by atoms with Crippen LogP contribution in [0.25, 0.3) is 0 Å². The summed E-state index contributed by atoms with van der Waals surface area (Å²) in [6.07, 6.45) is 0.305. The van der Waals surface area contributed by atoms with E-state index in [0.29, 0.717) is 24.6 Å². The molecule has 0 aliphatic carbocycles. The molecule has 156 valence electrons. The minimum Gasteiger partial charge on any atom is -0.444 e. The van der Waals surface area contributed by atoms with Crippen LogP contribution in [-0.4, -0.2) is 54.6 Å². The first-order valence-corrected chi connectivity index (χ1v) is 9.92. The largest absolute Gasteiger partial charge is 0.444 e. The van der Waals surface area contributed by atoms with Gasteiger partial charge < -0.3 is 25.0 Å². The van der Waals surface area contributed by atoms with Gasteiger partial charge in [0.2, 0.25) is 5.88 Å². The van der Waals surface area contributed by atoms with Crippen molar-refractivity contribution in [1.82, 2.24) is 20.8 Å². The minimum atomic E-state index is -0.491. The number of nitrogens with zero attached hydrogens (tertiary/aromatic N) is 3. The molecule has 1 amide bonds. The molecule has 0 spiro atoms. The van der Waals surface area contributed by atoms with E-state index >= 15 is 0 Å². The second kappa shape index (κ2) is 9.56. The van der Waals surface area contributed by atoms with Gasteiger partial charge >= 0.3 is 6.09 Å². The number of rotatable bonds is 6. The maximum Gasteiger partial charge on any atom is 0.407 e. The van der Waals surface area contributed by atoms with Crippen molar-refractivity contribution in [3.8, 4) is 11.6 Å². The molecule has 1 aromatic carbocycles. The van der Waals surface area contributed by atoms with E-state index < -0.39 is 11.7 Å². The first kappa shape index (κ1) is 20.9. The fourth-order valence-electron chi connectivity index (χ4n) is 2.90. The molecule has 0 unspecified atom stereocenters. The second-order valence-corrected chi connectivity index (χ2v) is 7.89. The average Bonchev–Trinajstić information content (AvgIpc) is 2.69. The SMILES string of the molecule is CC(C)(C)OC(=O)NCCc1ccc(Oc2ccc(N3CCNCC3)nn2)cc1. The van der Waals surface area contributed by atoms with Crippen molar-refractivity contribution in [3.63, 3.8) is 0 Å². The summed E-state index contributed by atoms with van der Waals surface area (Å²) >= 11 is 0. The van der Waals surface area contributed by atoms with Crippen molar-refractivity contribution < 1.29 is 14.3 Å². The highest BCUT2D eigenvalue weighted by Gasteiger charge is 2.15. The van der Waals surface area contributed by atoms with Crippen molar-refractivity contribution in [2.24, 2.45) is 0 Å². The standard InChI is InChI=1S/C21H29N5O3/c1-21(2,3)29-20(27)23-11-10-16-4-6-17(7-5-16)28-19-9-8-18(24-25-19)26-14-12-22-13-15-26/h4-9,22H,10-15H2,1-3H3,(H,23,27). The first-order valence-electron chi connectivity index (χ1n) is 9.92. The molecule has 3 rings (SSSR count). The van der Waals surface area contributed by atoms with Crippen LogP contribution in [0.5, 0.6) is 11.6 Å². The number of hydrogen-bond donors (Lipinski definition) is 2. The van der Waals surface area contributed by atoms with E-state index in [-0.39, 0.29) is 0 Å². The van der Waals surface area contributed by atoms with Crippen LogP contribution in [0.1, 0.15) is 26.3 Å². The summed E-state index contributed by atoms with van der Waals surface area (Å²) in [5.41, 5.74) is 0.600. The summed E-state index contributed by atoms with van der Waals surface area (Å²) in [4.78, 5) is 13.9. The Balaban J connectivity index is 1.46. The van der Waals surface area contributed by atoms with Gasteiger partial charge in [-0.05, 0) is 51.0 Å². The normalized spacial score (nSPS) is 14.4. The van der Waals surface area contributed by atoms with E-state index in [9.17, 15) is 4.79 Å². The molecule has 0 atom stereocenters. The fraction of sp³-hybridized carbons (Fsp3) is 0.476. The molecule has 0 radical (unpaired) electrons. The number of piperazine rings is 1. The van der Waals surface area contributed by atoms with Gasteiger partial charge in [-0.3, -0.25) is 0 Å². The highest BCUT2D eigenvalue weighted by molar-refractivity contribution is 5.67. The monoisotopic (exact) mass is 399 g/mol. The summed E-state index contributed by atoms with van der Waals surface area (Å²) in [5.74, 6) is 2.02. The summed E-state index contributed by atoms with van der Waals surface area (Å²) in [7, 11) is 0. The Hall–Kier alpha value is -2.87. The van der Waals surface area contributed by atoms with Crippen LogP contribution in [0.4, 0.5) is 10.6 Å². The molecule has 29 heavy (non-hydrogen) atoms. The first-order chi connectivity index (χ1) is 13.9. The molecule has 0 bridgehead atoms. The number of carbonyl (C=O) groups excluding carboxylic acids is 1. The minimum absolute atomic E-state index is 0.403. The molecular formula is C21H29N5O3. The molecule has 2 heterocycles. The number of amides is 1. The third-order valence-corrected chi connectivity index (χ3v) is 4.29. The smallest absolute Gasteiger partial charge is 0.407 e. The molecule has 2 aromatic rings. The Morgan fingerprint density at radius 1 is 1.10 bits per heavy atom. The van der Waals surface area contributed by atoms with Crippen molar-refractivity contribution in [2.75, 3.05) is 37.6 Å². The lowest BCUT2D eigenvalue weighted by Gasteiger charge is -2.27. The Bertz CT molecular complexity index is 781. The second-order valence-electron chi connectivity index (χ2n) is 7.89. The van der Waals surface area contributed by atoms with E-state index in [1.165, 1.54) is 0 Å². The van der Waals surface area contributed by atoms with Gasteiger partial charge in [-0.15, -0.1) is 10.2 Å². The topological polar surface area (TPSA) is 88.6 Å². The average molecular weight is 399 g/mol. The van der Waals surface area contributed by atoms with Gasteiger partial charge in [-0.25, -0.2) is 4.79 Å². The zero-order valence-electron chi connectivity index (χ0n) is 17.3. The molecule has 1 fully saturated rings. The number of benzene rings is 1. The fourth-order valence-corrected chi connectivity index (χ4v) is 2.90. The van der Waals surface area contributed by atoms with Gasteiger partial charge in [-0.2, -0.15) is 0 Å². The summed E-state index contributed by atoms with van der Waals surface area (Å²) in [6, 6.07) is 11.5. The molecule has 8 nitrogen and oxygen atoms in total. The van der Waals surface area contributed by atoms with Crippen molar-refractivity contribution >= 4 is 11.9 Å². The lowest BCUT2D eigenvalue weighted by molar-refractivity contribution is 0.0528. The summed E-state index contributed by atoms with van der Waals surface area (Å²) in [5, 5.41) is 14.5. The number of anilines is 1. The zero-order chi connectivity index (χ0) is 20.7. The van der Waals surface area contributed by atoms with E-state index in [2.05, 4.69) is 25.7 Å². The predicted octanol–water partition coefficient (Wildman–Crippen LogP) is 2.75. The third kappa shape index (κ3) is 6.90. The highest BCUT2D eigenvalue weighted by Crippen LogP contribution is 2.21. The van der Waals surface area contributed by atoms with E-state index in [1.54, 1.807) is 0 Å². The number of ether oxygens (including phenoxy) is 2. The quantitative estimate of drug-likeness (QED) is 0.772. The molecule has 1 aliphatic heterocycles. The number of hydrogen-bond acceptors (Lipinski definition) is 7. The third-order valence-electron chi connectivity index (χ3n) is 4.29. The maximum atomic E-state index is 11.7. The van der Waals surface area contributed by atoms with E-state index in [1.807, 2.05) is 57.2 Å². The van der Waals surface area contributed by atoms with Crippen LogP contribution in [0.3, 0.4) is 0 Å². The van der Waals surface area contributed by atoms with Crippen molar-refractivity contribution in [3.05, 3.63) is 42.0 Å². The zero-order valence-corrected chi connectivity index (χ0v) is 17.3. The Morgan fingerprint density at radius 2 is 1.83 bits per heavy atom. The summed E-state index contributed by atoms with van der Waals surface area (Å²) in [6.45, 7) is 9.81. The van der Waals surface area contributed by atoms with Crippen LogP contribution >= 0.6 is 0 Å². The Labute approximate surface area is 171 Å². The number of alkyl carbamates (subject to hydrolysis) is 1. The summed E-state index contributed by atoms with van der Waals surface area (Å²) < 4.78 is 11.0. The number of carbonyl (C=O) groups is 1. The molecule has 2 N–H and O–H groups in total. The molecule has 1 aromatic heterocycles. The van der Waals surface area contributed by atoms with E-state index in [0.717, 1.165) is 37.6 Å². The van der Waals surface area contributed by atoms with E-state index in [4.69, 9.17) is 9.47 Å². The van der Waals surface area contributed by atoms with Gasteiger partial charge in [-0.1, -0.05) is 12.1 Å². The molecule has 1 aliphatic rings. The van der Waals surface area contributed by atoms with Crippen molar-refractivity contribution in [2.45, 2.75) is 32.8 Å². The van der Waals surface area contributed by atoms with Gasteiger partial charge in [0.1, 0.15) is 11.4 Å². The van der Waals surface area contributed by atoms with Crippen LogP contribution in [0.2, 0.25) is 0 Å². The van der Waals surface area contributed by atoms with Crippen LogP contribution in [-0.2, 0) is 11.2 Å². The number of nitrogens with one attached hydrogen (secondary N) is 2.